The van der Waals surface area contributed by atoms with Crippen LogP contribution in [0.25, 0.3) is 0 Å². The van der Waals surface area contributed by atoms with E-state index in [-0.39, 0.29) is 5.60 Å². The summed E-state index contributed by atoms with van der Waals surface area (Å²) in [7, 11) is 0. The van der Waals surface area contributed by atoms with Gasteiger partial charge in [0, 0.05) is 22.9 Å². The maximum Gasteiger partial charge on any atom is 0.101 e. The number of hydrogen-bond donors (Lipinski definition) is 1. The Bertz CT molecular complexity index is 537. The fourth-order valence-corrected chi connectivity index (χ4v) is 4.71. The highest BCUT2D eigenvalue weighted by Crippen LogP contribution is 2.39. The monoisotopic (exact) mass is 352 g/mol. The molecule has 2 unspecified atom stereocenters. The van der Waals surface area contributed by atoms with E-state index < -0.39 is 0 Å². The number of halogens is 1. The van der Waals surface area contributed by atoms with Gasteiger partial charge in [-0.1, -0.05) is 15.9 Å². The van der Waals surface area contributed by atoms with E-state index in [2.05, 4.69) is 27.3 Å². The van der Waals surface area contributed by atoms with Crippen LogP contribution in [0, 0.1) is 11.3 Å². The summed E-state index contributed by atoms with van der Waals surface area (Å²) in [5.41, 5.74) is 1.70. The first-order valence-corrected chi connectivity index (χ1v) is 8.83. The van der Waals surface area contributed by atoms with Gasteiger partial charge in [-0.25, -0.2) is 0 Å². The Kier molecular flexibility index (Phi) is 4.25. The minimum Gasteiger partial charge on any atom is -0.381 e. The van der Waals surface area contributed by atoms with E-state index in [4.69, 9.17) is 4.74 Å². The van der Waals surface area contributed by atoms with Crippen molar-refractivity contribution < 1.29 is 4.74 Å². The van der Waals surface area contributed by atoms with Gasteiger partial charge in [-0.05, 0) is 43.2 Å². The zero-order valence-electron chi connectivity index (χ0n) is 11.2. The fraction of sp³-hybridized carbons (Fsp3) is 0.533. The van der Waals surface area contributed by atoms with Gasteiger partial charge in [0.15, 0.2) is 0 Å². The van der Waals surface area contributed by atoms with Crippen LogP contribution in [0.2, 0.25) is 0 Å². The predicted molar refractivity (Wildman–Crippen MR) is 86.1 cm³/mol. The fourth-order valence-electron chi connectivity index (χ4n) is 2.97. The van der Waals surface area contributed by atoms with Crippen molar-refractivity contribution >= 4 is 33.4 Å². The van der Waals surface area contributed by atoms with Crippen LogP contribution in [0.1, 0.15) is 24.8 Å². The van der Waals surface area contributed by atoms with Crippen molar-refractivity contribution in [2.24, 2.45) is 0 Å². The van der Waals surface area contributed by atoms with Crippen LogP contribution in [-0.2, 0) is 4.74 Å². The van der Waals surface area contributed by atoms with Crippen molar-refractivity contribution in [2.75, 3.05) is 23.4 Å². The van der Waals surface area contributed by atoms with E-state index in [0.717, 1.165) is 41.8 Å². The third kappa shape index (κ3) is 2.98. The van der Waals surface area contributed by atoms with Crippen molar-refractivity contribution in [3.05, 3.63) is 28.2 Å². The molecule has 3 nitrogen and oxygen atoms in total. The molecule has 1 N–H and O–H groups in total. The molecular formula is C15H17BrN2OS. The molecule has 2 fully saturated rings. The van der Waals surface area contributed by atoms with Crippen LogP contribution in [0.15, 0.2) is 22.7 Å². The molecule has 0 aromatic heterocycles. The Hall–Kier alpha value is -0.700. The molecule has 106 valence electrons. The second-order valence-electron chi connectivity index (χ2n) is 5.47. The number of nitrogens with one attached hydrogen (secondary N) is 1. The van der Waals surface area contributed by atoms with Crippen LogP contribution in [0.4, 0.5) is 5.69 Å². The average Bonchev–Trinajstić information content (AvgIpc) is 2.89. The molecular weight excluding hydrogens is 336 g/mol. The summed E-state index contributed by atoms with van der Waals surface area (Å²) in [6, 6.07) is 8.48. The first-order chi connectivity index (χ1) is 9.71. The van der Waals surface area contributed by atoms with Crippen molar-refractivity contribution in [3.8, 4) is 6.07 Å². The van der Waals surface area contributed by atoms with Crippen molar-refractivity contribution in [1.82, 2.24) is 0 Å². The number of benzene rings is 1. The van der Waals surface area contributed by atoms with Gasteiger partial charge in [0.1, 0.15) is 6.07 Å². The SMILES string of the molecule is N#Cc1cc(Br)ccc1NC1CCOC2(CCSC2)C1. The van der Waals surface area contributed by atoms with Crippen LogP contribution >= 0.6 is 27.7 Å². The highest BCUT2D eigenvalue weighted by molar-refractivity contribution is 9.10. The zero-order valence-corrected chi connectivity index (χ0v) is 13.6. The standard InChI is InChI=1S/C15H17BrN2OS/c16-12-1-2-14(11(7-12)9-17)18-13-3-5-19-15(8-13)4-6-20-10-15/h1-2,7,13,18H,3-6,8,10H2. The van der Waals surface area contributed by atoms with Gasteiger partial charge < -0.3 is 10.1 Å². The Labute approximate surface area is 132 Å². The van der Waals surface area contributed by atoms with Gasteiger partial charge in [-0.3, -0.25) is 0 Å². The number of rotatable bonds is 2. The smallest absolute Gasteiger partial charge is 0.101 e. The summed E-state index contributed by atoms with van der Waals surface area (Å²) >= 11 is 5.40. The van der Waals surface area contributed by atoms with Gasteiger partial charge in [0.25, 0.3) is 0 Å². The molecule has 2 saturated heterocycles. The molecule has 0 radical (unpaired) electrons. The molecule has 0 bridgehead atoms. The van der Waals surface area contributed by atoms with E-state index in [9.17, 15) is 5.26 Å². The summed E-state index contributed by atoms with van der Waals surface area (Å²) in [6.07, 6.45) is 3.20. The first-order valence-electron chi connectivity index (χ1n) is 6.89. The van der Waals surface area contributed by atoms with Crippen LogP contribution in [0.5, 0.6) is 0 Å². The lowest BCUT2D eigenvalue weighted by Gasteiger charge is -2.38. The Morgan fingerprint density at radius 2 is 2.40 bits per heavy atom. The van der Waals surface area contributed by atoms with E-state index in [1.807, 2.05) is 30.0 Å². The van der Waals surface area contributed by atoms with E-state index in [1.54, 1.807) is 0 Å². The Morgan fingerprint density at radius 3 is 3.15 bits per heavy atom. The molecule has 2 heterocycles. The van der Waals surface area contributed by atoms with E-state index in [1.165, 1.54) is 5.75 Å². The molecule has 1 spiro atoms. The summed E-state index contributed by atoms with van der Waals surface area (Å²) in [6.45, 7) is 0.816. The highest BCUT2D eigenvalue weighted by atomic mass is 79.9. The van der Waals surface area contributed by atoms with Crippen LogP contribution in [-0.4, -0.2) is 29.8 Å². The molecule has 2 aliphatic rings. The quantitative estimate of drug-likeness (QED) is 0.879. The summed E-state index contributed by atoms with van der Waals surface area (Å²) in [4.78, 5) is 0. The summed E-state index contributed by atoms with van der Waals surface area (Å²) in [5, 5.41) is 12.8. The topological polar surface area (TPSA) is 45.0 Å². The van der Waals surface area contributed by atoms with Crippen molar-refractivity contribution in [3.63, 3.8) is 0 Å². The average molecular weight is 353 g/mol. The third-order valence-corrected chi connectivity index (χ3v) is 5.74. The minimum absolute atomic E-state index is 0.0722. The lowest BCUT2D eigenvalue weighted by molar-refractivity contribution is -0.0628. The third-order valence-electron chi connectivity index (χ3n) is 4.02. The van der Waals surface area contributed by atoms with Gasteiger partial charge in [0.05, 0.1) is 16.9 Å². The molecule has 2 atom stereocenters. The molecule has 0 saturated carbocycles. The molecule has 0 amide bonds. The molecule has 2 aliphatic heterocycles. The molecule has 3 rings (SSSR count). The van der Waals surface area contributed by atoms with Gasteiger partial charge in [-0.2, -0.15) is 17.0 Å². The number of nitrogens with zero attached hydrogens (tertiary/aromatic N) is 1. The zero-order chi connectivity index (χ0) is 14.0. The summed E-state index contributed by atoms with van der Waals surface area (Å²) in [5.74, 6) is 2.31. The van der Waals surface area contributed by atoms with Gasteiger partial charge in [0.2, 0.25) is 0 Å². The van der Waals surface area contributed by atoms with Crippen LogP contribution < -0.4 is 5.32 Å². The largest absolute Gasteiger partial charge is 0.381 e. The lowest BCUT2D eigenvalue weighted by atomic mass is 9.89. The van der Waals surface area contributed by atoms with Crippen molar-refractivity contribution in [2.45, 2.75) is 30.9 Å². The Balaban J connectivity index is 1.73. The number of nitriles is 1. The van der Waals surface area contributed by atoms with E-state index in [0.29, 0.717) is 11.6 Å². The number of anilines is 1. The highest BCUT2D eigenvalue weighted by Gasteiger charge is 2.40. The molecule has 0 aliphatic carbocycles. The molecule has 20 heavy (non-hydrogen) atoms. The van der Waals surface area contributed by atoms with Gasteiger partial charge in [-0.15, -0.1) is 0 Å². The van der Waals surface area contributed by atoms with Crippen LogP contribution in [0.3, 0.4) is 0 Å². The maximum atomic E-state index is 9.24. The molecule has 1 aromatic carbocycles. The lowest BCUT2D eigenvalue weighted by Crippen LogP contribution is -2.44. The number of thioether (sulfide) groups is 1. The van der Waals surface area contributed by atoms with E-state index >= 15 is 0 Å². The number of hydrogen-bond acceptors (Lipinski definition) is 4. The summed E-state index contributed by atoms with van der Waals surface area (Å²) < 4.78 is 6.98. The van der Waals surface area contributed by atoms with Crippen molar-refractivity contribution in [1.29, 1.82) is 5.26 Å². The normalized spacial score (nSPS) is 29.3. The maximum absolute atomic E-state index is 9.24. The first kappa shape index (κ1) is 14.2. The molecule has 1 aromatic rings. The number of ether oxygens (including phenoxy) is 1. The van der Waals surface area contributed by atoms with Gasteiger partial charge >= 0.3 is 0 Å². The molecule has 5 heteroatoms. The predicted octanol–water partition coefficient (Wildman–Crippen LogP) is 3.79. The second kappa shape index (κ2) is 5.97. The minimum atomic E-state index is 0.0722. The second-order valence-corrected chi connectivity index (χ2v) is 7.49. The Morgan fingerprint density at radius 1 is 1.50 bits per heavy atom.